The molecule has 0 aromatic carbocycles. The molecule has 0 aliphatic carbocycles. The Morgan fingerprint density at radius 3 is 3.09 bits per heavy atom. The van der Waals surface area contributed by atoms with E-state index in [-0.39, 0.29) is 18.1 Å². The second-order valence-electron chi connectivity index (χ2n) is 5.93. The van der Waals surface area contributed by atoms with Crippen LogP contribution in [0.15, 0.2) is 18.6 Å². The van der Waals surface area contributed by atoms with Crippen LogP contribution in [0, 0.1) is 0 Å². The van der Waals surface area contributed by atoms with E-state index in [2.05, 4.69) is 27.4 Å². The van der Waals surface area contributed by atoms with Gasteiger partial charge in [-0.05, 0) is 32.6 Å². The monoisotopic (exact) mass is 333 g/mol. The number of aromatic nitrogens is 3. The molecule has 6 nitrogen and oxygen atoms in total. The highest BCUT2D eigenvalue weighted by molar-refractivity contribution is 7.11. The first-order valence-corrected chi connectivity index (χ1v) is 9.01. The second kappa shape index (κ2) is 7.12. The van der Waals surface area contributed by atoms with Crippen LogP contribution in [0.2, 0.25) is 0 Å². The minimum Gasteiger partial charge on any atom is -0.329 e. The highest BCUT2D eigenvalue weighted by Gasteiger charge is 2.29. The van der Waals surface area contributed by atoms with Crippen LogP contribution in [0.5, 0.6) is 0 Å². The number of nitrogens with one attached hydrogen (secondary N) is 2. The van der Waals surface area contributed by atoms with Gasteiger partial charge in [0.25, 0.3) is 0 Å². The van der Waals surface area contributed by atoms with Crippen LogP contribution in [0.4, 0.5) is 4.79 Å². The van der Waals surface area contributed by atoms with Gasteiger partial charge in [0.05, 0.1) is 18.3 Å². The molecule has 2 amide bonds. The van der Waals surface area contributed by atoms with Gasteiger partial charge in [-0.1, -0.05) is 6.92 Å². The van der Waals surface area contributed by atoms with E-state index in [1.807, 2.05) is 30.4 Å². The van der Waals surface area contributed by atoms with Crippen molar-refractivity contribution in [3.8, 4) is 0 Å². The molecule has 0 unspecified atom stereocenters. The van der Waals surface area contributed by atoms with Gasteiger partial charge in [0.15, 0.2) is 0 Å². The largest absolute Gasteiger partial charge is 0.329 e. The number of hydrogen-bond donors (Lipinski definition) is 2. The molecule has 2 aromatic rings. The standard InChI is InChI=1S/C16H23N5OS/c1-3-13-10-17-15(23-13)11(2)20-16(22)21-7-5-4-6-14(21)12-8-18-19-9-12/h8-11,14H,3-7H2,1-2H3,(H,18,19)(H,20,22)/t11-,14+/m0/s1. The summed E-state index contributed by atoms with van der Waals surface area (Å²) < 4.78 is 0. The van der Waals surface area contributed by atoms with Crippen LogP contribution < -0.4 is 5.32 Å². The highest BCUT2D eigenvalue weighted by atomic mass is 32.1. The van der Waals surface area contributed by atoms with Gasteiger partial charge in [-0.3, -0.25) is 5.10 Å². The number of urea groups is 1. The lowest BCUT2D eigenvalue weighted by Crippen LogP contribution is -2.45. The first-order valence-electron chi connectivity index (χ1n) is 8.19. The molecule has 7 heteroatoms. The normalized spacial score (nSPS) is 19.6. The number of piperidine rings is 1. The van der Waals surface area contributed by atoms with Gasteiger partial charge < -0.3 is 10.2 Å². The molecule has 0 spiro atoms. The summed E-state index contributed by atoms with van der Waals surface area (Å²) in [6.45, 7) is 4.89. The van der Waals surface area contributed by atoms with Gasteiger partial charge in [-0.15, -0.1) is 11.3 Å². The fourth-order valence-electron chi connectivity index (χ4n) is 2.98. The van der Waals surface area contributed by atoms with Crippen molar-refractivity contribution in [2.24, 2.45) is 0 Å². The number of likely N-dealkylation sites (tertiary alicyclic amines) is 1. The zero-order valence-electron chi connectivity index (χ0n) is 13.6. The Balaban J connectivity index is 1.68. The minimum atomic E-state index is -0.0697. The van der Waals surface area contributed by atoms with Gasteiger partial charge in [0.1, 0.15) is 5.01 Å². The topological polar surface area (TPSA) is 73.9 Å². The van der Waals surface area contributed by atoms with Crippen LogP contribution in [0.1, 0.15) is 60.6 Å². The van der Waals surface area contributed by atoms with E-state index < -0.39 is 0 Å². The van der Waals surface area contributed by atoms with Crippen LogP contribution >= 0.6 is 11.3 Å². The molecule has 1 aliphatic rings. The summed E-state index contributed by atoms with van der Waals surface area (Å²) in [5.41, 5.74) is 1.08. The van der Waals surface area contributed by atoms with Gasteiger partial charge in [-0.2, -0.15) is 5.10 Å². The van der Waals surface area contributed by atoms with E-state index in [9.17, 15) is 4.79 Å². The lowest BCUT2D eigenvalue weighted by molar-refractivity contribution is 0.149. The third-order valence-corrected chi connectivity index (χ3v) is 5.62. The Hall–Kier alpha value is -1.89. The van der Waals surface area contributed by atoms with Crippen molar-refractivity contribution in [2.75, 3.05) is 6.54 Å². The fourth-order valence-corrected chi connectivity index (χ4v) is 3.84. The number of H-pyrrole nitrogens is 1. The summed E-state index contributed by atoms with van der Waals surface area (Å²) in [4.78, 5) is 20.3. The maximum atomic E-state index is 12.7. The molecule has 3 heterocycles. The van der Waals surface area contributed by atoms with E-state index in [1.165, 1.54) is 4.88 Å². The van der Waals surface area contributed by atoms with Crippen molar-refractivity contribution < 1.29 is 4.79 Å². The van der Waals surface area contributed by atoms with Crippen molar-refractivity contribution in [1.29, 1.82) is 0 Å². The average molecular weight is 333 g/mol. The predicted octanol–water partition coefficient (Wildman–Crippen LogP) is 3.43. The Labute approximate surface area is 140 Å². The molecule has 0 bridgehead atoms. The number of rotatable bonds is 4. The quantitative estimate of drug-likeness (QED) is 0.900. The molecular formula is C16H23N5OS. The molecule has 1 saturated heterocycles. The number of hydrogen-bond acceptors (Lipinski definition) is 4. The van der Waals surface area contributed by atoms with Crippen LogP contribution in [0.25, 0.3) is 0 Å². The molecule has 0 saturated carbocycles. The van der Waals surface area contributed by atoms with E-state index in [1.54, 1.807) is 11.3 Å². The van der Waals surface area contributed by atoms with E-state index in [0.29, 0.717) is 0 Å². The Bertz CT molecular complexity index is 639. The lowest BCUT2D eigenvalue weighted by Gasteiger charge is -2.35. The Morgan fingerprint density at radius 1 is 1.52 bits per heavy atom. The number of carbonyl (C=O) groups excluding carboxylic acids is 1. The molecule has 3 rings (SSSR count). The maximum Gasteiger partial charge on any atom is 0.318 e. The number of amides is 2. The number of nitrogens with zero attached hydrogens (tertiary/aromatic N) is 3. The number of aromatic amines is 1. The van der Waals surface area contributed by atoms with Crippen molar-refractivity contribution in [2.45, 2.75) is 51.6 Å². The third kappa shape index (κ3) is 3.55. The highest BCUT2D eigenvalue weighted by Crippen LogP contribution is 2.30. The fraction of sp³-hybridized carbons (Fsp3) is 0.562. The summed E-state index contributed by atoms with van der Waals surface area (Å²) in [5.74, 6) is 0. The van der Waals surface area contributed by atoms with Crippen molar-refractivity contribution in [1.82, 2.24) is 25.4 Å². The summed E-state index contributed by atoms with van der Waals surface area (Å²) in [6, 6.07) is 0.0218. The van der Waals surface area contributed by atoms with Gasteiger partial charge >= 0.3 is 6.03 Å². The summed E-state index contributed by atoms with van der Waals surface area (Å²) in [7, 11) is 0. The van der Waals surface area contributed by atoms with Crippen LogP contribution in [0.3, 0.4) is 0 Å². The lowest BCUT2D eigenvalue weighted by atomic mass is 9.98. The Morgan fingerprint density at radius 2 is 2.39 bits per heavy atom. The van der Waals surface area contributed by atoms with E-state index >= 15 is 0 Å². The van der Waals surface area contributed by atoms with Crippen LogP contribution in [-0.4, -0.2) is 32.7 Å². The smallest absolute Gasteiger partial charge is 0.318 e. The summed E-state index contributed by atoms with van der Waals surface area (Å²) in [6.07, 6.45) is 9.75. The first-order chi connectivity index (χ1) is 11.2. The Kier molecular flexibility index (Phi) is 4.95. The van der Waals surface area contributed by atoms with E-state index in [0.717, 1.165) is 42.8 Å². The minimum absolute atomic E-state index is 0.0170. The molecule has 23 heavy (non-hydrogen) atoms. The van der Waals surface area contributed by atoms with E-state index in [4.69, 9.17) is 0 Å². The number of thiazole rings is 1. The van der Waals surface area contributed by atoms with Gasteiger partial charge in [0, 0.05) is 29.4 Å². The second-order valence-corrected chi connectivity index (χ2v) is 7.07. The molecule has 2 aromatic heterocycles. The molecule has 124 valence electrons. The molecular weight excluding hydrogens is 310 g/mol. The average Bonchev–Trinajstić information content (AvgIpc) is 3.26. The number of carbonyl (C=O) groups is 1. The molecule has 1 fully saturated rings. The number of aryl methyl sites for hydroxylation is 1. The SMILES string of the molecule is CCc1cnc([C@H](C)NC(=O)N2CCCC[C@@H]2c2cn[nH]c2)s1. The van der Waals surface area contributed by atoms with Crippen LogP contribution in [-0.2, 0) is 6.42 Å². The first kappa shape index (κ1) is 16.0. The van der Waals surface area contributed by atoms with Crippen molar-refractivity contribution in [3.63, 3.8) is 0 Å². The maximum absolute atomic E-state index is 12.7. The van der Waals surface area contributed by atoms with Crippen molar-refractivity contribution >= 4 is 17.4 Å². The zero-order valence-corrected chi connectivity index (χ0v) is 14.4. The van der Waals surface area contributed by atoms with Gasteiger partial charge in [0.2, 0.25) is 0 Å². The van der Waals surface area contributed by atoms with Gasteiger partial charge in [-0.25, -0.2) is 9.78 Å². The predicted molar refractivity (Wildman–Crippen MR) is 90.3 cm³/mol. The molecule has 2 N–H and O–H groups in total. The zero-order chi connectivity index (χ0) is 16.2. The molecule has 2 atom stereocenters. The van der Waals surface area contributed by atoms with Crippen molar-refractivity contribution in [3.05, 3.63) is 34.0 Å². The summed E-state index contributed by atoms with van der Waals surface area (Å²) >= 11 is 1.67. The third-order valence-electron chi connectivity index (χ3n) is 4.30. The summed E-state index contributed by atoms with van der Waals surface area (Å²) in [5, 5.41) is 10.9. The molecule has 0 radical (unpaired) electrons. The molecule has 1 aliphatic heterocycles.